The molecule has 1 aliphatic carbocycles. The summed E-state index contributed by atoms with van der Waals surface area (Å²) in [5.74, 6) is 1.53. The predicted octanol–water partition coefficient (Wildman–Crippen LogP) is 4.57. The van der Waals surface area contributed by atoms with Gasteiger partial charge in [0.25, 0.3) is 0 Å². The Bertz CT molecular complexity index is 875. The molecule has 1 saturated heterocycles. The molecule has 2 aromatic rings. The molecule has 4 rings (SSSR count). The van der Waals surface area contributed by atoms with E-state index < -0.39 is 0 Å². The fraction of sp³-hybridized carbons (Fsp3) is 0.519. The molecule has 0 spiro atoms. The van der Waals surface area contributed by atoms with E-state index in [1.54, 1.807) is 0 Å². The highest BCUT2D eigenvalue weighted by Gasteiger charge is 2.27. The summed E-state index contributed by atoms with van der Waals surface area (Å²) in [4.78, 5) is 17.4. The summed E-state index contributed by atoms with van der Waals surface area (Å²) in [6, 6.07) is 16.0. The smallest absolute Gasteiger partial charge is 0.343 e. The van der Waals surface area contributed by atoms with Gasteiger partial charge in [0.15, 0.2) is 0 Å². The van der Waals surface area contributed by atoms with E-state index in [2.05, 4.69) is 36.0 Å². The van der Waals surface area contributed by atoms with Crippen LogP contribution >= 0.6 is 0 Å². The molecule has 1 heterocycles. The maximum atomic E-state index is 12.8. The SMILES string of the molecule is CN(C)C[C@H]1CCCC[C@H]1c1cccc(OC(=O)c2ccc(CN3CCOCC3)cc2)c1. The Morgan fingerprint density at radius 2 is 1.81 bits per heavy atom. The third kappa shape index (κ3) is 6.18. The molecule has 1 aliphatic heterocycles. The van der Waals surface area contributed by atoms with Gasteiger partial charge in [-0.05, 0) is 74.2 Å². The number of morpholine rings is 1. The number of esters is 1. The Balaban J connectivity index is 1.39. The number of benzene rings is 2. The largest absolute Gasteiger partial charge is 0.423 e. The lowest BCUT2D eigenvalue weighted by atomic mass is 9.75. The molecule has 172 valence electrons. The average molecular weight is 437 g/mol. The molecule has 0 bridgehead atoms. The first-order chi connectivity index (χ1) is 15.6. The molecule has 2 aliphatic rings. The molecule has 1 saturated carbocycles. The highest BCUT2D eigenvalue weighted by atomic mass is 16.5. The summed E-state index contributed by atoms with van der Waals surface area (Å²) < 4.78 is 11.2. The molecule has 2 fully saturated rings. The van der Waals surface area contributed by atoms with Gasteiger partial charge in [-0.15, -0.1) is 0 Å². The second kappa shape index (κ2) is 11.1. The first-order valence-electron chi connectivity index (χ1n) is 11.9. The van der Waals surface area contributed by atoms with Crippen LogP contribution in [0.4, 0.5) is 0 Å². The van der Waals surface area contributed by atoms with Crippen LogP contribution in [0.25, 0.3) is 0 Å². The van der Waals surface area contributed by atoms with E-state index in [1.165, 1.54) is 36.8 Å². The second-order valence-corrected chi connectivity index (χ2v) is 9.46. The second-order valence-electron chi connectivity index (χ2n) is 9.46. The van der Waals surface area contributed by atoms with E-state index in [0.717, 1.165) is 39.4 Å². The zero-order chi connectivity index (χ0) is 22.3. The highest BCUT2D eigenvalue weighted by Crippen LogP contribution is 2.39. The Morgan fingerprint density at radius 3 is 2.56 bits per heavy atom. The van der Waals surface area contributed by atoms with Crippen molar-refractivity contribution < 1.29 is 14.3 Å². The van der Waals surface area contributed by atoms with Gasteiger partial charge in [0, 0.05) is 26.2 Å². The van der Waals surface area contributed by atoms with Crippen molar-refractivity contribution in [1.82, 2.24) is 9.80 Å². The highest BCUT2D eigenvalue weighted by molar-refractivity contribution is 5.91. The third-order valence-electron chi connectivity index (χ3n) is 6.71. The minimum Gasteiger partial charge on any atom is -0.423 e. The molecule has 0 radical (unpaired) electrons. The number of carbonyl (C=O) groups is 1. The minimum absolute atomic E-state index is 0.298. The van der Waals surface area contributed by atoms with E-state index in [9.17, 15) is 4.79 Å². The van der Waals surface area contributed by atoms with Crippen molar-refractivity contribution in [3.05, 3.63) is 65.2 Å². The first kappa shape index (κ1) is 23.0. The summed E-state index contributed by atoms with van der Waals surface area (Å²) in [5.41, 5.74) is 3.08. The van der Waals surface area contributed by atoms with E-state index >= 15 is 0 Å². The maximum absolute atomic E-state index is 12.8. The van der Waals surface area contributed by atoms with E-state index in [1.807, 2.05) is 36.4 Å². The molecule has 0 unspecified atom stereocenters. The zero-order valence-electron chi connectivity index (χ0n) is 19.5. The van der Waals surface area contributed by atoms with Crippen molar-refractivity contribution in [2.45, 2.75) is 38.1 Å². The molecule has 2 aromatic carbocycles. The Labute approximate surface area is 192 Å². The van der Waals surface area contributed by atoms with Crippen LogP contribution in [-0.2, 0) is 11.3 Å². The lowest BCUT2D eigenvalue weighted by molar-refractivity contribution is 0.0342. The Morgan fingerprint density at radius 1 is 1.06 bits per heavy atom. The zero-order valence-corrected chi connectivity index (χ0v) is 19.5. The van der Waals surface area contributed by atoms with Gasteiger partial charge in [-0.1, -0.05) is 37.1 Å². The van der Waals surface area contributed by atoms with E-state index in [4.69, 9.17) is 9.47 Å². The van der Waals surface area contributed by atoms with Gasteiger partial charge in [-0.3, -0.25) is 4.90 Å². The van der Waals surface area contributed by atoms with Crippen LogP contribution in [0.2, 0.25) is 0 Å². The van der Waals surface area contributed by atoms with Crippen molar-refractivity contribution in [1.29, 1.82) is 0 Å². The van der Waals surface area contributed by atoms with Crippen LogP contribution in [-0.4, -0.2) is 62.7 Å². The molecule has 0 N–H and O–H groups in total. The average Bonchev–Trinajstić information content (AvgIpc) is 2.80. The van der Waals surface area contributed by atoms with E-state index in [-0.39, 0.29) is 5.97 Å². The number of ether oxygens (including phenoxy) is 2. The molecule has 32 heavy (non-hydrogen) atoms. The van der Waals surface area contributed by atoms with E-state index in [0.29, 0.717) is 23.1 Å². The Kier molecular flexibility index (Phi) is 7.95. The van der Waals surface area contributed by atoms with Gasteiger partial charge in [0.2, 0.25) is 0 Å². The summed E-state index contributed by atoms with van der Waals surface area (Å²) >= 11 is 0. The number of hydrogen-bond donors (Lipinski definition) is 0. The quantitative estimate of drug-likeness (QED) is 0.470. The van der Waals surface area contributed by atoms with Gasteiger partial charge in [-0.2, -0.15) is 0 Å². The predicted molar refractivity (Wildman–Crippen MR) is 127 cm³/mol. The van der Waals surface area contributed by atoms with Crippen molar-refractivity contribution in [3.8, 4) is 5.75 Å². The summed E-state index contributed by atoms with van der Waals surface area (Å²) in [6.07, 6.45) is 5.06. The normalized spacial score (nSPS) is 22.1. The van der Waals surface area contributed by atoms with Gasteiger partial charge in [0.1, 0.15) is 5.75 Å². The monoisotopic (exact) mass is 436 g/mol. The summed E-state index contributed by atoms with van der Waals surface area (Å²) in [7, 11) is 4.30. The van der Waals surface area contributed by atoms with Gasteiger partial charge >= 0.3 is 5.97 Å². The maximum Gasteiger partial charge on any atom is 0.343 e. The van der Waals surface area contributed by atoms with Gasteiger partial charge in [-0.25, -0.2) is 4.79 Å². The standard InChI is InChI=1S/C27H36N2O3/c1-28(2)20-24-6-3-4-9-26(24)23-7-5-8-25(18-23)32-27(30)22-12-10-21(11-13-22)19-29-14-16-31-17-15-29/h5,7-8,10-13,18,24,26H,3-4,6,9,14-17,19-20H2,1-2H3/t24-,26+/m1/s1. The lowest BCUT2D eigenvalue weighted by Gasteiger charge is -2.34. The molecular weight excluding hydrogens is 400 g/mol. The molecule has 2 atom stereocenters. The molecule has 5 heteroatoms. The minimum atomic E-state index is -0.298. The van der Waals surface area contributed by atoms with Crippen molar-refractivity contribution in [2.75, 3.05) is 46.9 Å². The van der Waals surface area contributed by atoms with Crippen LogP contribution in [0.1, 0.15) is 53.1 Å². The van der Waals surface area contributed by atoms with Crippen molar-refractivity contribution >= 4 is 5.97 Å². The molecule has 5 nitrogen and oxygen atoms in total. The third-order valence-corrected chi connectivity index (χ3v) is 6.71. The number of rotatable bonds is 7. The van der Waals surface area contributed by atoms with Crippen molar-refractivity contribution in [3.63, 3.8) is 0 Å². The summed E-state index contributed by atoms with van der Waals surface area (Å²) in [6.45, 7) is 5.48. The Hall–Kier alpha value is -2.21. The van der Waals surface area contributed by atoms with Crippen molar-refractivity contribution in [2.24, 2.45) is 5.92 Å². The van der Waals surface area contributed by atoms with Crippen LogP contribution in [0.5, 0.6) is 5.75 Å². The fourth-order valence-electron chi connectivity index (χ4n) is 5.07. The first-order valence-corrected chi connectivity index (χ1v) is 11.9. The number of hydrogen-bond acceptors (Lipinski definition) is 5. The van der Waals surface area contributed by atoms with Crippen LogP contribution < -0.4 is 4.74 Å². The molecule has 0 amide bonds. The van der Waals surface area contributed by atoms with Crippen LogP contribution in [0.15, 0.2) is 48.5 Å². The van der Waals surface area contributed by atoms with Crippen LogP contribution in [0.3, 0.4) is 0 Å². The topological polar surface area (TPSA) is 42.0 Å². The lowest BCUT2D eigenvalue weighted by Crippen LogP contribution is -2.35. The van der Waals surface area contributed by atoms with Gasteiger partial charge in [0.05, 0.1) is 18.8 Å². The molecular formula is C27H36N2O3. The summed E-state index contributed by atoms with van der Waals surface area (Å²) in [5, 5.41) is 0. The number of nitrogens with zero attached hydrogens (tertiary/aromatic N) is 2. The van der Waals surface area contributed by atoms with Crippen LogP contribution in [0, 0.1) is 5.92 Å². The number of carbonyl (C=O) groups excluding carboxylic acids is 1. The molecule has 0 aromatic heterocycles. The van der Waals surface area contributed by atoms with Gasteiger partial charge < -0.3 is 14.4 Å². The fourth-order valence-corrected chi connectivity index (χ4v) is 5.07.